The molecule has 2 nitrogen and oxygen atoms in total. The molecule has 0 aliphatic heterocycles. The number of hydrogen-bond donors (Lipinski definition) is 2. The molecule has 5 aromatic carbocycles. The third kappa shape index (κ3) is 14.9. The lowest BCUT2D eigenvalue weighted by Gasteiger charge is -2.25. The van der Waals surface area contributed by atoms with E-state index in [1.165, 1.54) is 80.0 Å². The second-order valence-corrected chi connectivity index (χ2v) is 16.6. The summed E-state index contributed by atoms with van der Waals surface area (Å²) in [5.41, 5.74) is 10.8. The average Bonchev–Trinajstić information content (AvgIpc) is 3.15. The normalized spacial score (nSPS) is 14.8. The van der Waals surface area contributed by atoms with E-state index in [1.54, 1.807) is 11.1 Å². The average molecular weight is 855 g/mol. The summed E-state index contributed by atoms with van der Waals surface area (Å²) in [6.07, 6.45) is 16.0. The smallest absolute Gasteiger partial charge is 0.0681 e. The Morgan fingerprint density at radius 3 is 0.796 bits per heavy atom. The molecule has 3 aliphatic rings. The highest BCUT2D eigenvalue weighted by Gasteiger charge is 2.20. The SMILES string of the molecule is CCc1ccc(Br)cc1.CCc1ccc(C2CCC2)cc1.CCc1ccc(C2CCC2)cc1.OCc1ccc(Br)cc1.OCc1ccc(C2CCC2)cc1. The van der Waals surface area contributed by atoms with Crippen molar-refractivity contribution < 1.29 is 10.2 Å². The maximum absolute atomic E-state index is 8.84. The molecule has 2 N–H and O–H groups in total. The van der Waals surface area contributed by atoms with Crippen LogP contribution in [0.1, 0.15) is 141 Å². The number of rotatable bonds is 8. The molecule has 0 aromatic heterocycles. The van der Waals surface area contributed by atoms with Crippen molar-refractivity contribution in [3.63, 3.8) is 0 Å². The van der Waals surface area contributed by atoms with Gasteiger partial charge in [-0.3, -0.25) is 0 Å². The van der Waals surface area contributed by atoms with Gasteiger partial charge in [0.05, 0.1) is 13.2 Å². The Hall–Kier alpha value is -3.02. The van der Waals surface area contributed by atoms with Gasteiger partial charge in [-0.2, -0.15) is 0 Å². The molecule has 0 saturated heterocycles. The summed E-state index contributed by atoms with van der Waals surface area (Å²) in [7, 11) is 0. The number of benzene rings is 5. The van der Waals surface area contributed by atoms with Gasteiger partial charge in [0, 0.05) is 8.95 Å². The van der Waals surface area contributed by atoms with Crippen LogP contribution in [0, 0.1) is 0 Å². The molecule has 0 heterocycles. The van der Waals surface area contributed by atoms with Gasteiger partial charge in [0.1, 0.15) is 0 Å². The van der Waals surface area contributed by atoms with Gasteiger partial charge >= 0.3 is 0 Å². The fraction of sp³-hybridized carbons (Fsp3) is 0.400. The van der Waals surface area contributed by atoms with Crippen LogP contribution in [0.4, 0.5) is 0 Å². The summed E-state index contributed by atoms with van der Waals surface area (Å²) in [5, 5.41) is 17.5. The summed E-state index contributed by atoms with van der Waals surface area (Å²) < 4.78 is 2.19. The zero-order chi connectivity index (χ0) is 38.5. The van der Waals surface area contributed by atoms with E-state index < -0.39 is 0 Å². The molecule has 0 atom stereocenters. The van der Waals surface area contributed by atoms with E-state index in [-0.39, 0.29) is 13.2 Å². The predicted molar refractivity (Wildman–Crippen MR) is 237 cm³/mol. The molecule has 0 bridgehead atoms. The van der Waals surface area contributed by atoms with Crippen LogP contribution in [0.2, 0.25) is 0 Å². The number of halogens is 2. The minimum Gasteiger partial charge on any atom is -0.392 e. The quantitative estimate of drug-likeness (QED) is 0.163. The highest BCUT2D eigenvalue weighted by atomic mass is 79.9. The number of hydrogen-bond acceptors (Lipinski definition) is 2. The van der Waals surface area contributed by atoms with E-state index in [9.17, 15) is 0 Å². The molecule has 3 aliphatic carbocycles. The zero-order valence-corrected chi connectivity index (χ0v) is 36.0. The minimum absolute atomic E-state index is 0.118. The van der Waals surface area contributed by atoms with Crippen LogP contribution in [-0.4, -0.2) is 10.2 Å². The van der Waals surface area contributed by atoms with E-state index >= 15 is 0 Å². The van der Waals surface area contributed by atoms with Crippen LogP contribution in [0.25, 0.3) is 0 Å². The van der Waals surface area contributed by atoms with E-state index in [0.717, 1.165) is 57.1 Å². The molecule has 54 heavy (non-hydrogen) atoms. The van der Waals surface area contributed by atoms with Crippen molar-refractivity contribution in [1.29, 1.82) is 0 Å². The summed E-state index contributed by atoms with van der Waals surface area (Å²) in [6, 6.07) is 42.6. The lowest BCUT2D eigenvalue weighted by molar-refractivity contribution is 0.281. The third-order valence-corrected chi connectivity index (χ3v) is 12.1. The highest BCUT2D eigenvalue weighted by molar-refractivity contribution is 9.10. The molecule has 8 rings (SSSR count). The van der Waals surface area contributed by atoms with Crippen molar-refractivity contribution in [2.24, 2.45) is 0 Å². The van der Waals surface area contributed by atoms with Crippen LogP contribution in [-0.2, 0) is 32.5 Å². The summed E-state index contributed by atoms with van der Waals surface area (Å²) in [6.45, 7) is 6.85. The number of aliphatic hydroxyl groups is 2. The monoisotopic (exact) mass is 852 g/mol. The molecular formula is C50H62Br2O2. The molecule has 288 valence electrons. The predicted octanol–water partition coefficient (Wildman–Crippen LogP) is 14.4. The molecule has 5 aromatic rings. The van der Waals surface area contributed by atoms with E-state index in [4.69, 9.17) is 10.2 Å². The van der Waals surface area contributed by atoms with Crippen LogP contribution >= 0.6 is 31.9 Å². The molecule has 4 heteroatoms. The van der Waals surface area contributed by atoms with Crippen LogP contribution in [0.5, 0.6) is 0 Å². The fourth-order valence-corrected chi connectivity index (χ4v) is 7.01. The lowest BCUT2D eigenvalue weighted by atomic mass is 9.80. The van der Waals surface area contributed by atoms with Gasteiger partial charge in [-0.05, 0) is 144 Å². The fourth-order valence-electron chi connectivity index (χ4n) is 6.48. The summed E-state index contributed by atoms with van der Waals surface area (Å²) in [5.74, 6) is 2.57. The zero-order valence-electron chi connectivity index (χ0n) is 32.8. The lowest BCUT2D eigenvalue weighted by Crippen LogP contribution is -2.08. The van der Waals surface area contributed by atoms with Gasteiger partial charge in [-0.15, -0.1) is 0 Å². The Bertz CT molecular complexity index is 1520. The molecule has 3 saturated carbocycles. The third-order valence-electron chi connectivity index (χ3n) is 11.1. The van der Waals surface area contributed by atoms with E-state index in [2.05, 4.69) is 138 Å². The maximum Gasteiger partial charge on any atom is 0.0681 e. The van der Waals surface area contributed by atoms with Crippen LogP contribution < -0.4 is 0 Å². The molecule has 0 spiro atoms. The molecule has 0 amide bonds. The first-order valence-corrected chi connectivity index (χ1v) is 21.9. The van der Waals surface area contributed by atoms with Crippen LogP contribution in [0.15, 0.2) is 130 Å². The Balaban J connectivity index is 0.000000151. The summed E-state index contributed by atoms with van der Waals surface area (Å²) >= 11 is 6.67. The first kappa shape index (κ1) is 43.7. The number of aliphatic hydroxyl groups excluding tert-OH is 2. The van der Waals surface area contributed by atoms with Crippen LogP contribution in [0.3, 0.4) is 0 Å². The van der Waals surface area contributed by atoms with Gasteiger partial charge in [-0.25, -0.2) is 0 Å². The molecule has 0 unspecified atom stereocenters. The Morgan fingerprint density at radius 2 is 0.593 bits per heavy atom. The largest absolute Gasteiger partial charge is 0.392 e. The van der Waals surface area contributed by atoms with Gasteiger partial charge in [0.25, 0.3) is 0 Å². The van der Waals surface area contributed by atoms with Crippen molar-refractivity contribution in [2.45, 2.75) is 129 Å². The minimum atomic E-state index is 0.118. The first-order chi connectivity index (χ1) is 26.3. The topological polar surface area (TPSA) is 40.5 Å². The first-order valence-electron chi connectivity index (χ1n) is 20.3. The summed E-state index contributed by atoms with van der Waals surface area (Å²) in [4.78, 5) is 0. The van der Waals surface area contributed by atoms with Gasteiger partial charge < -0.3 is 10.2 Å². The van der Waals surface area contributed by atoms with Crippen molar-refractivity contribution in [2.75, 3.05) is 0 Å². The highest BCUT2D eigenvalue weighted by Crippen LogP contribution is 2.37. The second kappa shape index (κ2) is 24.5. The maximum atomic E-state index is 8.84. The Kier molecular flexibility index (Phi) is 19.8. The van der Waals surface area contributed by atoms with Gasteiger partial charge in [0.2, 0.25) is 0 Å². The standard InChI is InChI=1S/2C12H16.C11H14O.C8H9Br.C7H7BrO/c2*1-2-10-6-8-12(9-7-10)11-4-3-5-11;12-8-9-4-6-11(7-5-9)10-2-1-3-10;1-2-7-3-5-8(9)6-4-7;8-7-3-1-6(5-9)2-4-7/h2*6-9,11H,2-5H2,1H3;4-7,10,12H,1-3,8H2;3-6H,2H2,1H3;1-4,9H,5H2. The van der Waals surface area contributed by atoms with Gasteiger partial charge in [0.15, 0.2) is 0 Å². The van der Waals surface area contributed by atoms with Crippen molar-refractivity contribution >= 4 is 31.9 Å². The Labute approximate surface area is 343 Å². The molecule has 0 radical (unpaired) electrons. The molecular weight excluding hydrogens is 792 g/mol. The Morgan fingerprint density at radius 1 is 0.370 bits per heavy atom. The number of aryl methyl sites for hydroxylation is 3. The van der Waals surface area contributed by atoms with E-state index in [0.29, 0.717) is 0 Å². The van der Waals surface area contributed by atoms with Gasteiger partial charge in [-0.1, -0.05) is 169 Å². The van der Waals surface area contributed by atoms with Crippen molar-refractivity contribution in [1.82, 2.24) is 0 Å². The van der Waals surface area contributed by atoms with Crippen molar-refractivity contribution in [3.05, 3.63) is 175 Å². The second-order valence-electron chi connectivity index (χ2n) is 14.7. The molecule has 3 fully saturated rings. The van der Waals surface area contributed by atoms with E-state index in [1.807, 2.05) is 36.4 Å². The van der Waals surface area contributed by atoms with Crippen molar-refractivity contribution in [3.8, 4) is 0 Å².